The Bertz CT molecular complexity index is 215. The molecular formula is C13H26N2OS. The van der Waals surface area contributed by atoms with Gasteiger partial charge in [-0.25, -0.2) is 0 Å². The number of hydrogen-bond donors (Lipinski definition) is 1. The number of nitrogens with one attached hydrogen (secondary N) is 1. The van der Waals surface area contributed by atoms with Crippen molar-refractivity contribution in [3.8, 4) is 0 Å². The zero-order valence-corrected chi connectivity index (χ0v) is 12.0. The average molecular weight is 258 g/mol. The Hall–Kier alpha value is -0.350. The van der Waals surface area contributed by atoms with Crippen LogP contribution >= 0.6 is 12.2 Å². The number of piperidine rings is 1. The van der Waals surface area contributed by atoms with Crippen LogP contribution in [0.15, 0.2) is 0 Å². The van der Waals surface area contributed by atoms with Crippen molar-refractivity contribution >= 4 is 17.3 Å². The smallest absolute Gasteiger partial charge is 0.168 e. The van der Waals surface area contributed by atoms with E-state index in [1.807, 2.05) is 6.92 Å². The van der Waals surface area contributed by atoms with E-state index < -0.39 is 0 Å². The van der Waals surface area contributed by atoms with Crippen LogP contribution in [0.2, 0.25) is 0 Å². The van der Waals surface area contributed by atoms with E-state index in [0.29, 0.717) is 0 Å². The molecule has 1 heterocycles. The van der Waals surface area contributed by atoms with Crippen molar-refractivity contribution in [2.24, 2.45) is 5.92 Å². The zero-order valence-electron chi connectivity index (χ0n) is 11.2. The molecular weight excluding hydrogens is 232 g/mol. The van der Waals surface area contributed by atoms with Crippen LogP contribution in [-0.4, -0.2) is 42.9 Å². The summed E-state index contributed by atoms with van der Waals surface area (Å²) in [6.45, 7) is 9.09. The van der Waals surface area contributed by atoms with Gasteiger partial charge in [0.1, 0.15) is 0 Å². The molecule has 0 aromatic heterocycles. The lowest BCUT2D eigenvalue weighted by atomic mass is 9.95. The molecule has 0 aromatic carbocycles. The van der Waals surface area contributed by atoms with E-state index in [9.17, 15) is 0 Å². The molecule has 0 atom stereocenters. The fourth-order valence-electron chi connectivity index (χ4n) is 2.17. The molecule has 0 aromatic rings. The summed E-state index contributed by atoms with van der Waals surface area (Å²) < 4.78 is 5.29. The minimum absolute atomic E-state index is 0.801. The first-order valence-corrected chi connectivity index (χ1v) is 7.29. The Morgan fingerprint density at radius 3 is 2.65 bits per heavy atom. The van der Waals surface area contributed by atoms with Gasteiger partial charge in [-0.1, -0.05) is 13.3 Å². The standard InChI is InChI=1S/C13H26N2OS/c1-3-12-6-9-15(10-7-12)13(17)14-8-5-11-16-4-2/h12H,3-11H2,1-2H3,(H,14,17). The summed E-state index contributed by atoms with van der Waals surface area (Å²) in [5.41, 5.74) is 0. The molecule has 0 radical (unpaired) electrons. The van der Waals surface area contributed by atoms with Gasteiger partial charge in [0.2, 0.25) is 0 Å². The predicted molar refractivity (Wildman–Crippen MR) is 76.3 cm³/mol. The summed E-state index contributed by atoms with van der Waals surface area (Å²) in [5, 5.41) is 4.25. The molecule has 0 saturated carbocycles. The summed E-state index contributed by atoms with van der Waals surface area (Å²) in [7, 11) is 0. The first kappa shape index (κ1) is 14.7. The van der Waals surface area contributed by atoms with Crippen LogP contribution in [0.1, 0.15) is 39.5 Å². The number of ether oxygens (including phenoxy) is 1. The lowest BCUT2D eigenvalue weighted by Gasteiger charge is -2.33. The average Bonchev–Trinajstić information content (AvgIpc) is 2.38. The van der Waals surface area contributed by atoms with Crippen LogP contribution < -0.4 is 5.32 Å². The Morgan fingerprint density at radius 2 is 2.06 bits per heavy atom. The summed E-state index contributed by atoms with van der Waals surface area (Å²) in [4.78, 5) is 2.31. The van der Waals surface area contributed by atoms with Gasteiger partial charge in [0.15, 0.2) is 5.11 Å². The largest absolute Gasteiger partial charge is 0.382 e. The minimum Gasteiger partial charge on any atom is -0.382 e. The third kappa shape index (κ3) is 5.68. The van der Waals surface area contributed by atoms with Crippen molar-refractivity contribution in [1.82, 2.24) is 10.2 Å². The van der Waals surface area contributed by atoms with E-state index in [1.54, 1.807) is 0 Å². The number of likely N-dealkylation sites (tertiary alicyclic amines) is 1. The molecule has 1 rings (SSSR count). The van der Waals surface area contributed by atoms with Crippen LogP contribution in [0.4, 0.5) is 0 Å². The molecule has 4 heteroatoms. The summed E-state index contributed by atoms with van der Waals surface area (Å²) in [6, 6.07) is 0. The van der Waals surface area contributed by atoms with E-state index in [-0.39, 0.29) is 0 Å². The third-order valence-corrected chi connectivity index (χ3v) is 3.83. The van der Waals surface area contributed by atoms with Gasteiger partial charge in [-0.05, 0) is 44.3 Å². The van der Waals surface area contributed by atoms with Crippen LogP contribution in [0, 0.1) is 5.92 Å². The lowest BCUT2D eigenvalue weighted by molar-refractivity contribution is 0.145. The van der Waals surface area contributed by atoms with Gasteiger partial charge in [-0.3, -0.25) is 0 Å². The molecule has 0 amide bonds. The van der Waals surface area contributed by atoms with Gasteiger partial charge in [0, 0.05) is 32.8 Å². The van der Waals surface area contributed by atoms with Crippen molar-refractivity contribution in [2.45, 2.75) is 39.5 Å². The molecule has 0 unspecified atom stereocenters. The fraction of sp³-hybridized carbons (Fsp3) is 0.923. The maximum atomic E-state index is 5.40. The van der Waals surface area contributed by atoms with Gasteiger partial charge >= 0.3 is 0 Å². The highest BCUT2D eigenvalue weighted by atomic mass is 32.1. The second-order valence-electron chi connectivity index (χ2n) is 4.62. The second kappa shape index (κ2) is 8.70. The molecule has 1 N–H and O–H groups in total. The number of nitrogens with zero attached hydrogens (tertiary/aromatic N) is 1. The summed E-state index contributed by atoms with van der Waals surface area (Å²) >= 11 is 5.40. The number of thiocarbonyl (C=S) groups is 1. The van der Waals surface area contributed by atoms with Crippen molar-refractivity contribution < 1.29 is 4.74 Å². The first-order valence-electron chi connectivity index (χ1n) is 6.88. The minimum atomic E-state index is 0.801. The van der Waals surface area contributed by atoms with Crippen LogP contribution in [-0.2, 0) is 4.74 Å². The molecule has 0 bridgehead atoms. The Kier molecular flexibility index (Phi) is 7.53. The Balaban J connectivity index is 2.08. The van der Waals surface area contributed by atoms with Crippen molar-refractivity contribution in [3.63, 3.8) is 0 Å². The topological polar surface area (TPSA) is 24.5 Å². The predicted octanol–water partition coefficient (Wildman–Crippen LogP) is 2.41. The molecule has 1 aliphatic rings. The van der Waals surface area contributed by atoms with Crippen molar-refractivity contribution in [2.75, 3.05) is 32.8 Å². The Labute approximate surface area is 111 Å². The Morgan fingerprint density at radius 1 is 1.35 bits per heavy atom. The quantitative estimate of drug-likeness (QED) is 0.584. The van der Waals surface area contributed by atoms with E-state index in [4.69, 9.17) is 17.0 Å². The van der Waals surface area contributed by atoms with Crippen LogP contribution in [0.25, 0.3) is 0 Å². The van der Waals surface area contributed by atoms with Gasteiger partial charge in [-0.2, -0.15) is 0 Å². The lowest BCUT2D eigenvalue weighted by Crippen LogP contribution is -2.44. The third-order valence-electron chi connectivity index (χ3n) is 3.42. The molecule has 1 aliphatic heterocycles. The van der Waals surface area contributed by atoms with E-state index >= 15 is 0 Å². The SMILES string of the molecule is CCOCCCNC(=S)N1CCC(CC)CC1. The van der Waals surface area contributed by atoms with Gasteiger partial charge in [-0.15, -0.1) is 0 Å². The molecule has 17 heavy (non-hydrogen) atoms. The van der Waals surface area contributed by atoms with E-state index in [0.717, 1.165) is 50.3 Å². The maximum Gasteiger partial charge on any atom is 0.168 e. The highest BCUT2D eigenvalue weighted by molar-refractivity contribution is 7.80. The van der Waals surface area contributed by atoms with Gasteiger partial charge < -0.3 is 15.0 Å². The summed E-state index contributed by atoms with van der Waals surface area (Å²) in [6.07, 6.45) is 4.91. The molecule has 3 nitrogen and oxygen atoms in total. The zero-order chi connectivity index (χ0) is 12.5. The summed E-state index contributed by atoms with van der Waals surface area (Å²) in [5.74, 6) is 0.909. The highest BCUT2D eigenvalue weighted by Gasteiger charge is 2.18. The number of hydrogen-bond acceptors (Lipinski definition) is 2. The highest BCUT2D eigenvalue weighted by Crippen LogP contribution is 2.19. The van der Waals surface area contributed by atoms with Gasteiger partial charge in [0.25, 0.3) is 0 Å². The molecule has 0 aliphatic carbocycles. The van der Waals surface area contributed by atoms with E-state index in [2.05, 4.69) is 17.1 Å². The molecule has 1 fully saturated rings. The van der Waals surface area contributed by atoms with Crippen molar-refractivity contribution in [1.29, 1.82) is 0 Å². The molecule has 100 valence electrons. The first-order chi connectivity index (χ1) is 8.27. The monoisotopic (exact) mass is 258 g/mol. The number of rotatable bonds is 6. The molecule has 1 saturated heterocycles. The van der Waals surface area contributed by atoms with E-state index in [1.165, 1.54) is 19.3 Å². The fourth-order valence-corrected chi connectivity index (χ4v) is 2.45. The normalized spacial score (nSPS) is 17.2. The maximum absolute atomic E-state index is 5.40. The van der Waals surface area contributed by atoms with Crippen LogP contribution in [0.5, 0.6) is 0 Å². The van der Waals surface area contributed by atoms with Gasteiger partial charge in [0.05, 0.1) is 0 Å². The van der Waals surface area contributed by atoms with Crippen LogP contribution in [0.3, 0.4) is 0 Å². The molecule has 0 spiro atoms. The second-order valence-corrected chi connectivity index (χ2v) is 5.01. The van der Waals surface area contributed by atoms with Crippen molar-refractivity contribution in [3.05, 3.63) is 0 Å².